The third kappa shape index (κ3) is 39.1. The minimum Gasteiger partial charge on any atom is -1.00 e. The molecule has 0 aromatic heterocycles. The molecule has 148 valence electrons. The maximum absolute atomic E-state index is 10.2. The number of benzene rings is 1. The Labute approximate surface area is 260 Å². The number of rotatable bonds is 4. The van der Waals surface area contributed by atoms with Crippen LogP contribution in [0, 0.1) is 0 Å². The Balaban J connectivity index is -0.0000000207. The number of hydrogen-bond donors (Lipinski definition) is 7. The molecule has 0 aliphatic carbocycles. The first-order valence-corrected chi connectivity index (χ1v) is 7.10. The van der Waals surface area contributed by atoms with Gasteiger partial charge in [0.05, 0.1) is 12.0 Å². The molecule has 11 nitrogen and oxygen atoms in total. The van der Waals surface area contributed by atoms with Gasteiger partial charge in [0, 0.05) is 0 Å². The Morgan fingerprint density at radius 2 is 1.30 bits per heavy atom. The first-order chi connectivity index (χ1) is 10.3. The number of aromatic carboxylic acids is 1. The van der Waals surface area contributed by atoms with Crippen LogP contribution in [0.15, 0.2) is 30.3 Å². The van der Waals surface area contributed by atoms with Crippen molar-refractivity contribution in [3.8, 4) is 0 Å². The molecule has 7 N–H and O–H groups in total. The molecule has 1 aromatic carbocycles. The molecule has 0 saturated heterocycles. The fourth-order valence-electron chi connectivity index (χ4n) is 0.833. The number of aliphatic carboxylic acids is 2. The van der Waals surface area contributed by atoms with Crippen molar-refractivity contribution in [1.82, 2.24) is 0 Å². The summed E-state index contributed by atoms with van der Waals surface area (Å²) in [5, 5.41) is 32.5. The molecule has 27 heavy (non-hydrogen) atoms. The molecule has 0 heterocycles. The van der Waals surface area contributed by atoms with Crippen molar-refractivity contribution in [3.63, 3.8) is 0 Å². The molecule has 0 fully saturated rings. The quantitative estimate of drug-likeness (QED) is 0.105. The number of carbonyl (C=O) groups is 3. The van der Waals surface area contributed by atoms with Crippen molar-refractivity contribution in [2.45, 2.75) is 12.5 Å². The third-order valence-corrected chi connectivity index (χ3v) is 1.67. The van der Waals surface area contributed by atoms with E-state index in [1.807, 2.05) is 0 Å². The molecule has 0 aliphatic heterocycles. The number of carboxylic acid groups (broad SMARTS) is 3. The van der Waals surface area contributed by atoms with Crippen LogP contribution < -0.4 is 29.6 Å². The monoisotopic (exact) mass is 590 g/mol. The summed E-state index contributed by atoms with van der Waals surface area (Å²) < 4.78 is 8.88. The van der Waals surface area contributed by atoms with Gasteiger partial charge in [0.15, 0.2) is 6.10 Å². The molecule has 0 bridgehead atoms. The molecular weight excluding hydrogens is 569 g/mol. The van der Waals surface area contributed by atoms with Crippen LogP contribution in [0.3, 0.4) is 0 Å². The van der Waals surface area contributed by atoms with Crippen LogP contribution in [0.5, 0.6) is 0 Å². The molecule has 1 unspecified atom stereocenters. The zero-order chi connectivity index (χ0) is 18.6. The van der Waals surface area contributed by atoms with Gasteiger partial charge in [-0.1, -0.05) is 18.2 Å². The van der Waals surface area contributed by atoms with E-state index < -0.39 is 38.3 Å². The van der Waals surface area contributed by atoms with Crippen molar-refractivity contribution in [1.29, 1.82) is 0 Å². The first-order valence-electron chi connectivity index (χ1n) is 5.54. The molecule has 0 radical (unpaired) electrons. The number of aliphatic hydroxyl groups is 1. The summed E-state index contributed by atoms with van der Waals surface area (Å²) in [5.41, 5.74) is 0.331. The summed E-state index contributed by atoms with van der Waals surface area (Å²) in [7, 11) is -4.64. The van der Waals surface area contributed by atoms with E-state index in [9.17, 15) is 14.4 Å². The number of carboxylic acids is 3. The summed E-state index contributed by atoms with van der Waals surface area (Å²) in [6, 6.07) is 8.30. The normalized spacial score (nSPS) is 9.33. The van der Waals surface area contributed by atoms with Gasteiger partial charge >= 0.3 is 131 Å². The van der Waals surface area contributed by atoms with E-state index in [-0.39, 0.29) is 136 Å². The molecule has 0 aliphatic rings. The Morgan fingerprint density at radius 3 is 1.44 bits per heavy atom. The Hall–Kier alpha value is 1.95. The molecule has 1 aromatic rings. The van der Waals surface area contributed by atoms with Gasteiger partial charge in [0.1, 0.15) is 0 Å². The second kappa shape index (κ2) is 24.2. The van der Waals surface area contributed by atoms with Gasteiger partial charge in [-0.2, -0.15) is 0 Å². The largest absolute Gasteiger partial charge is 2.00 e. The van der Waals surface area contributed by atoms with Crippen LogP contribution in [0.4, 0.5) is 0 Å². The summed E-state index contributed by atoms with van der Waals surface area (Å²) in [4.78, 5) is 51.2. The van der Waals surface area contributed by atoms with Gasteiger partial charge in [0.2, 0.25) is 0 Å². The van der Waals surface area contributed by atoms with Gasteiger partial charge in [-0.05, 0) is 12.1 Å². The minimum absolute atomic E-state index is 0. The van der Waals surface area contributed by atoms with Crippen molar-refractivity contribution in [2.75, 3.05) is 0 Å². The number of halogens is 1. The second-order valence-electron chi connectivity index (χ2n) is 3.64. The van der Waals surface area contributed by atoms with Gasteiger partial charge in [-0.3, -0.25) is 4.79 Å². The molecule has 0 spiro atoms. The van der Waals surface area contributed by atoms with Gasteiger partial charge in [-0.15, -0.1) is 24.0 Å². The molecular formula is C11H21Ca2INaO11P. The topological polar surface area (TPSA) is 210 Å². The van der Waals surface area contributed by atoms with Crippen molar-refractivity contribution in [2.24, 2.45) is 0 Å². The van der Waals surface area contributed by atoms with E-state index in [2.05, 4.69) is 0 Å². The van der Waals surface area contributed by atoms with Crippen LogP contribution in [-0.4, -0.2) is 135 Å². The number of phosphoric acid groups is 1. The molecule has 1 atom stereocenters. The van der Waals surface area contributed by atoms with E-state index in [1.165, 1.54) is 0 Å². The minimum atomic E-state index is -4.64. The zero-order valence-corrected chi connectivity index (χ0v) is 23.8. The van der Waals surface area contributed by atoms with Crippen LogP contribution >= 0.6 is 31.8 Å². The van der Waals surface area contributed by atoms with E-state index in [0.717, 1.165) is 0 Å². The van der Waals surface area contributed by atoms with Gasteiger partial charge in [-0.25, -0.2) is 14.2 Å². The van der Waals surface area contributed by atoms with E-state index in [1.54, 1.807) is 30.3 Å². The van der Waals surface area contributed by atoms with Crippen molar-refractivity contribution < 1.29 is 90.7 Å². The zero-order valence-electron chi connectivity index (χ0n) is 19.2. The fourth-order valence-corrected chi connectivity index (χ4v) is 0.833. The van der Waals surface area contributed by atoms with E-state index in [0.29, 0.717) is 5.56 Å². The molecule has 1 rings (SSSR count). The maximum Gasteiger partial charge on any atom is 2.00 e. The standard InChI is InChI=1S/C7H6O2.C4H6O5.2Ca.HI.Na.H3O4P.5H/c8-7(9)6-4-2-1-3-5-6;5-2(4(8)9)1-3(6)7;;;;;1-5(2,3)4;;;;;/h1-5H,(H,8,9);2,5H,1H2,(H,6,7)(H,8,9);;;1H;;(H3,1,2,3,4);;;;;/q;;2*+2;;+1;;5*-1. The average molecular weight is 590 g/mol. The maximum atomic E-state index is 10.2. The van der Waals surface area contributed by atoms with Gasteiger partial charge < -0.3 is 42.2 Å². The van der Waals surface area contributed by atoms with E-state index in [4.69, 9.17) is 39.7 Å². The average Bonchev–Trinajstić information content (AvgIpc) is 2.37. The fraction of sp³-hybridized carbons (Fsp3) is 0.182. The van der Waals surface area contributed by atoms with Crippen LogP contribution in [0.1, 0.15) is 23.9 Å². The van der Waals surface area contributed by atoms with E-state index >= 15 is 0 Å². The van der Waals surface area contributed by atoms with Crippen LogP contribution in [-0.2, 0) is 14.2 Å². The summed E-state index contributed by atoms with van der Waals surface area (Å²) in [6.45, 7) is 0. The summed E-state index contributed by atoms with van der Waals surface area (Å²) in [6.07, 6.45) is -2.54. The predicted octanol–water partition coefficient (Wildman–Crippen LogP) is -3.21. The van der Waals surface area contributed by atoms with Gasteiger partial charge in [0.25, 0.3) is 0 Å². The SMILES string of the molecule is I.O=C(O)CC(O)C(=O)O.O=C(O)c1ccccc1.O=P(O)(O)O.[Ca+2].[Ca+2].[H-].[H-].[H-].[H-].[H-].[Na+]. The predicted molar refractivity (Wildman–Crippen MR) is 106 cm³/mol. The molecule has 0 amide bonds. The molecule has 16 heteroatoms. The summed E-state index contributed by atoms with van der Waals surface area (Å²) in [5.74, 6) is -3.72. The number of hydrogen-bond acceptors (Lipinski definition) is 5. The first kappa shape index (κ1) is 42.9. The van der Waals surface area contributed by atoms with Crippen LogP contribution in [0.2, 0.25) is 0 Å². The van der Waals surface area contributed by atoms with Crippen molar-refractivity contribution >= 4 is 125 Å². The third-order valence-electron chi connectivity index (χ3n) is 1.67. The van der Waals surface area contributed by atoms with Crippen molar-refractivity contribution in [3.05, 3.63) is 35.9 Å². The molecule has 0 saturated carbocycles. The summed E-state index contributed by atoms with van der Waals surface area (Å²) >= 11 is 0. The second-order valence-corrected chi connectivity index (χ2v) is 4.66. The number of aliphatic hydroxyl groups excluding tert-OH is 1. The Kier molecular flexibility index (Phi) is 38.5. The Morgan fingerprint density at radius 1 is 0.963 bits per heavy atom. The Bertz CT molecular complexity index is 584. The van der Waals surface area contributed by atoms with Crippen LogP contribution in [0.25, 0.3) is 0 Å². The smallest absolute Gasteiger partial charge is 1.00 e.